The first kappa shape index (κ1) is 13.8. The molecule has 1 aromatic carbocycles. The number of hydrogen-bond acceptors (Lipinski definition) is 2. The number of nitrogens with two attached hydrogens (primary N) is 1. The maximum Gasteiger partial charge on any atom is 0.419 e. The van der Waals surface area contributed by atoms with Gasteiger partial charge in [0.2, 0.25) is 0 Å². The van der Waals surface area contributed by atoms with Gasteiger partial charge in [0.25, 0.3) is 0 Å². The highest BCUT2D eigenvalue weighted by atomic mass is 19.4. The molecule has 2 saturated carbocycles. The van der Waals surface area contributed by atoms with Gasteiger partial charge in [0, 0.05) is 6.04 Å². The maximum atomic E-state index is 13.3. The lowest BCUT2D eigenvalue weighted by atomic mass is 9.89. The van der Waals surface area contributed by atoms with Crippen molar-refractivity contribution < 1.29 is 17.6 Å². The molecule has 3 unspecified atom stereocenters. The lowest BCUT2D eigenvalue weighted by molar-refractivity contribution is -0.140. The lowest BCUT2D eigenvalue weighted by Crippen LogP contribution is -2.33. The number of benzene rings is 1. The summed E-state index contributed by atoms with van der Waals surface area (Å²) in [7, 11) is 0. The van der Waals surface area contributed by atoms with Crippen LogP contribution >= 0.6 is 0 Å². The number of rotatable bonds is 3. The van der Waals surface area contributed by atoms with Crippen LogP contribution in [0.4, 0.5) is 17.6 Å². The van der Waals surface area contributed by atoms with E-state index in [0.717, 1.165) is 25.0 Å². The van der Waals surface area contributed by atoms with E-state index in [4.69, 9.17) is 5.84 Å². The number of fused-ring (bicyclic) bond motifs is 1. The molecule has 3 atom stereocenters. The highest BCUT2D eigenvalue weighted by Crippen LogP contribution is 2.57. The summed E-state index contributed by atoms with van der Waals surface area (Å²) >= 11 is 0. The van der Waals surface area contributed by atoms with E-state index in [1.807, 2.05) is 0 Å². The van der Waals surface area contributed by atoms with E-state index in [1.54, 1.807) is 0 Å². The Morgan fingerprint density at radius 1 is 1.15 bits per heavy atom. The molecular formula is C14H16F4N2. The zero-order valence-electron chi connectivity index (χ0n) is 10.8. The van der Waals surface area contributed by atoms with Crippen LogP contribution in [0.25, 0.3) is 0 Å². The van der Waals surface area contributed by atoms with Crippen LogP contribution < -0.4 is 11.3 Å². The molecule has 2 fully saturated rings. The van der Waals surface area contributed by atoms with Crippen molar-refractivity contribution in [2.24, 2.45) is 23.6 Å². The van der Waals surface area contributed by atoms with E-state index in [2.05, 4.69) is 5.43 Å². The third-order valence-electron chi connectivity index (χ3n) is 4.59. The summed E-state index contributed by atoms with van der Waals surface area (Å²) in [5, 5.41) is 0. The Morgan fingerprint density at radius 3 is 2.35 bits per heavy atom. The second-order valence-electron chi connectivity index (χ2n) is 5.87. The molecule has 3 rings (SSSR count). The second-order valence-corrected chi connectivity index (χ2v) is 5.87. The molecule has 2 aliphatic rings. The molecule has 0 bridgehead atoms. The standard InChI is InChI=1S/C14H16F4N2/c15-12-2-1-7(6-11(12)14(16,17)18)13(20-19)10-4-8-3-9(8)5-10/h1-2,6,8-10,13,20H,3-5,19H2. The summed E-state index contributed by atoms with van der Waals surface area (Å²) in [6, 6.07) is 2.80. The van der Waals surface area contributed by atoms with Crippen LogP contribution in [-0.4, -0.2) is 0 Å². The van der Waals surface area contributed by atoms with Crippen LogP contribution in [0, 0.1) is 23.6 Å². The molecule has 0 spiro atoms. The molecule has 6 heteroatoms. The molecule has 3 N–H and O–H groups in total. The van der Waals surface area contributed by atoms with Crippen LogP contribution in [0.3, 0.4) is 0 Å². The molecule has 20 heavy (non-hydrogen) atoms. The van der Waals surface area contributed by atoms with Gasteiger partial charge in [-0.25, -0.2) is 4.39 Å². The largest absolute Gasteiger partial charge is 0.419 e. The predicted octanol–water partition coefficient (Wildman–Crippen LogP) is 3.40. The SMILES string of the molecule is NNC(c1ccc(F)c(C(F)(F)F)c1)C1CC2CC2C1. The summed E-state index contributed by atoms with van der Waals surface area (Å²) in [5.74, 6) is 5.92. The Morgan fingerprint density at radius 2 is 1.80 bits per heavy atom. The Kier molecular flexibility index (Phi) is 3.25. The van der Waals surface area contributed by atoms with Gasteiger partial charge in [0.15, 0.2) is 0 Å². The zero-order chi connectivity index (χ0) is 14.5. The minimum absolute atomic E-state index is 0.232. The summed E-state index contributed by atoms with van der Waals surface area (Å²) < 4.78 is 51.6. The number of halogens is 4. The summed E-state index contributed by atoms with van der Waals surface area (Å²) in [4.78, 5) is 0. The zero-order valence-corrected chi connectivity index (χ0v) is 10.8. The van der Waals surface area contributed by atoms with Crippen molar-refractivity contribution in [2.45, 2.75) is 31.5 Å². The highest BCUT2D eigenvalue weighted by Gasteiger charge is 2.48. The van der Waals surface area contributed by atoms with Crippen molar-refractivity contribution in [3.05, 3.63) is 35.1 Å². The molecule has 110 valence electrons. The van der Waals surface area contributed by atoms with Crippen molar-refractivity contribution in [1.82, 2.24) is 5.43 Å². The fourth-order valence-corrected chi connectivity index (χ4v) is 3.49. The second kappa shape index (κ2) is 4.70. The Hall–Kier alpha value is -1.14. The summed E-state index contributed by atoms with van der Waals surface area (Å²) in [5.41, 5.74) is 1.80. The molecule has 0 saturated heterocycles. The monoisotopic (exact) mass is 288 g/mol. The van der Waals surface area contributed by atoms with E-state index in [0.29, 0.717) is 17.4 Å². The maximum absolute atomic E-state index is 13.3. The van der Waals surface area contributed by atoms with Crippen LogP contribution in [-0.2, 0) is 6.18 Å². The van der Waals surface area contributed by atoms with Gasteiger partial charge in [-0.3, -0.25) is 11.3 Å². The molecule has 1 aromatic rings. The first-order valence-electron chi connectivity index (χ1n) is 6.73. The van der Waals surface area contributed by atoms with Crippen LogP contribution in [0.15, 0.2) is 18.2 Å². The minimum atomic E-state index is -4.68. The lowest BCUT2D eigenvalue weighted by Gasteiger charge is -2.25. The first-order chi connectivity index (χ1) is 9.40. The smallest absolute Gasteiger partial charge is 0.271 e. The fraction of sp³-hybridized carbons (Fsp3) is 0.571. The highest BCUT2D eigenvalue weighted by molar-refractivity contribution is 5.30. The van der Waals surface area contributed by atoms with Gasteiger partial charge in [-0.15, -0.1) is 0 Å². The van der Waals surface area contributed by atoms with Crippen LogP contribution in [0.2, 0.25) is 0 Å². The Balaban J connectivity index is 1.88. The van der Waals surface area contributed by atoms with Gasteiger partial charge in [-0.1, -0.05) is 6.07 Å². The molecule has 0 amide bonds. The van der Waals surface area contributed by atoms with Crippen molar-refractivity contribution in [1.29, 1.82) is 0 Å². The van der Waals surface area contributed by atoms with Gasteiger partial charge >= 0.3 is 6.18 Å². The van der Waals surface area contributed by atoms with E-state index in [9.17, 15) is 17.6 Å². The first-order valence-corrected chi connectivity index (χ1v) is 6.73. The average Bonchev–Trinajstić information content (AvgIpc) is 2.98. The van der Waals surface area contributed by atoms with Gasteiger partial charge < -0.3 is 0 Å². The number of hydrazine groups is 1. The Labute approximate surface area is 114 Å². The molecule has 0 aliphatic heterocycles. The number of nitrogens with one attached hydrogen (secondary N) is 1. The molecule has 0 aromatic heterocycles. The van der Waals surface area contributed by atoms with Crippen molar-refractivity contribution in [3.8, 4) is 0 Å². The van der Waals surface area contributed by atoms with E-state index in [1.165, 1.54) is 12.5 Å². The van der Waals surface area contributed by atoms with Crippen molar-refractivity contribution >= 4 is 0 Å². The van der Waals surface area contributed by atoms with Crippen LogP contribution in [0.5, 0.6) is 0 Å². The van der Waals surface area contributed by atoms with Crippen molar-refractivity contribution in [2.75, 3.05) is 0 Å². The molecule has 2 nitrogen and oxygen atoms in total. The average molecular weight is 288 g/mol. The molecular weight excluding hydrogens is 272 g/mol. The molecule has 0 heterocycles. The topological polar surface area (TPSA) is 38.0 Å². The summed E-state index contributed by atoms with van der Waals surface area (Å²) in [6.07, 6.45) is -1.49. The number of hydrogen-bond donors (Lipinski definition) is 2. The van der Waals surface area contributed by atoms with Gasteiger partial charge in [0.05, 0.1) is 5.56 Å². The van der Waals surface area contributed by atoms with E-state index in [-0.39, 0.29) is 12.0 Å². The molecule has 0 radical (unpaired) electrons. The van der Waals surface area contributed by atoms with Gasteiger partial charge in [-0.05, 0) is 54.7 Å². The third-order valence-corrected chi connectivity index (χ3v) is 4.59. The summed E-state index contributed by atoms with van der Waals surface area (Å²) in [6.45, 7) is 0. The normalized spacial score (nSPS) is 30.1. The predicted molar refractivity (Wildman–Crippen MR) is 65.8 cm³/mol. The van der Waals surface area contributed by atoms with E-state index >= 15 is 0 Å². The Bertz CT molecular complexity index is 504. The van der Waals surface area contributed by atoms with Gasteiger partial charge in [-0.2, -0.15) is 13.2 Å². The van der Waals surface area contributed by atoms with Crippen molar-refractivity contribution in [3.63, 3.8) is 0 Å². The van der Waals surface area contributed by atoms with E-state index < -0.39 is 17.6 Å². The number of alkyl halides is 3. The van der Waals surface area contributed by atoms with Crippen LogP contribution in [0.1, 0.15) is 36.4 Å². The minimum Gasteiger partial charge on any atom is -0.271 e. The fourth-order valence-electron chi connectivity index (χ4n) is 3.49. The third kappa shape index (κ3) is 2.42. The van der Waals surface area contributed by atoms with Gasteiger partial charge in [0.1, 0.15) is 5.82 Å². The quantitative estimate of drug-likeness (QED) is 0.508. The molecule has 2 aliphatic carbocycles.